The molecule has 2 heterocycles. The van der Waals surface area contributed by atoms with Crippen molar-refractivity contribution in [1.82, 2.24) is 10.2 Å². The van der Waals surface area contributed by atoms with E-state index >= 15 is 0 Å². The van der Waals surface area contributed by atoms with E-state index < -0.39 is 0 Å². The van der Waals surface area contributed by atoms with Gasteiger partial charge >= 0.3 is 0 Å². The average Bonchev–Trinajstić information content (AvgIpc) is 3.34. The molecule has 6 heteroatoms. The van der Waals surface area contributed by atoms with E-state index in [0.717, 1.165) is 12.1 Å². The van der Waals surface area contributed by atoms with Gasteiger partial charge in [0.1, 0.15) is 11.5 Å². The zero-order valence-electron chi connectivity index (χ0n) is 17.5. The molecule has 2 amide bonds. The first kappa shape index (κ1) is 21.1. The summed E-state index contributed by atoms with van der Waals surface area (Å²) in [6, 6.07) is 11.6. The van der Waals surface area contributed by atoms with E-state index in [4.69, 9.17) is 4.42 Å². The number of hydrogen-bond donors (Lipinski definition) is 2. The molecule has 6 nitrogen and oxygen atoms in total. The van der Waals surface area contributed by atoms with Crippen molar-refractivity contribution in [2.75, 3.05) is 32.7 Å². The topological polar surface area (TPSA) is 67.0 Å². The Morgan fingerprint density at radius 2 is 1.86 bits per heavy atom. The van der Waals surface area contributed by atoms with Gasteiger partial charge in [0.15, 0.2) is 0 Å². The Kier molecular flexibility index (Phi) is 7.47. The lowest BCUT2D eigenvalue weighted by Gasteiger charge is -2.22. The monoisotopic (exact) mass is 398 g/mol. The Balaban J connectivity index is 1.57. The van der Waals surface area contributed by atoms with Gasteiger partial charge in [-0.15, -0.1) is 0 Å². The molecule has 2 aromatic rings. The third-order valence-electron chi connectivity index (χ3n) is 5.50. The fourth-order valence-corrected chi connectivity index (χ4v) is 3.90. The van der Waals surface area contributed by atoms with Gasteiger partial charge in [0.25, 0.3) is 5.91 Å². The first-order chi connectivity index (χ1) is 14.0. The van der Waals surface area contributed by atoms with Crippen LogP contribution in [0.15, 0.2) is 40.8 Å². The minimum Gasteiger partial charge on any atom is -0.466 e. The zero-order chi connectivity index (χ0) is 20.6. The minimum atomic E-state index is -0.0995. The molecule has 0 bridgehead atoms. The van der Waals surface area contributed by atoms with Gasteiger partial charge in [-0.1, -0.05) is 30.3 Å². The lowest BCUT2D eigenvalue weighted by Crippen LogP contribution is -3.10. The molecule has 2 N–H and O–H groups in total. The summed E-state index contributed by atoms with van der Waals surface area (Å²) in [5, 5.41) is 3.01. The highest BCUT2D eigenvalue weighted by Crippen LogP contribution is 2.18. The second-order valence-corrected chi connectivity index (χ2v) is 7.85. The summed E-state index contributed by atoms with van der Waals surface area (Å²) in [5.41, 5.74) is 1.60. The van der Waals surface area contributed by atoms with Crippen LogP contribution in [0.1, 0.15) is 46.7 Å². The summed E-state index contributed by atoms with van der Waals surface area (Å²) in [6.07, 6.45) is 2.86. The van der Waals surface area contributed by atoms with E-state index in [1.165, 1.54) is 25.9 Å². The van der Waals surface area contributed by atoms with Crippen LogP contribution in [0.2, 0.25) is 0 Å². The summed E-state index contributed by atoms with van der Waals surface area (Å²) in [4.78, 5) is 28.7. The van der Waals surface area contributed by atoms with E-state index in [1.54, 1.807) is 22.8 Å². The summed E-state index contributed by atoms with van der Waals surface area (Å²) < 4.78 is 5.53. The van der Waals surface area contributed by atoms with Crippen molar-refractivity contribution >= 4 is 11.8 Å². The first-order valence-corrected chi connectivity index (χ1v) is 10.5. The molecule has 1 aromatic heterocycles. The molecule has 156 valence electrons. The summed E-state index contributed by atoms with van der Waals surface area (Å²) in [6.45, 7) is 8.56. The van der Waals surface area contributed by atoms with Gasteiger partial charge in [-0.2, -0.15) is 0 Å². The van der Waals surface area contributed by atoms with Gasteiger partial charge in [0.2, 0.25) is 5.91 Å². The van der Waals surface area contributed by atoms with E-state index in [2.05, 4.69) is 5.32 Å². The molecule has 1 aromatic carbocycles. The molecular formula is C23H32N3O3+. The predicted molar refractivity (Wildman–Crippen MR) is 112 cm³/mol. The third-order valence-corrected chi connectivity index (χ3v) is 5.50. The highest BCUT2D eigenvalue weighted by molar-refractivity contribution is 5.95. The highest BCUT2D eigenvalue weighted by atomic mass is 16.3. The first-order valence-electron chi connectivity index (χ1n) is 10.5. The molecule has 1 aliphatic heterocycles. The molecule has 0 radical (unpaired) electrons. The smallest absolute Gasteiger partial charge is 0.257 e. The van der Waals surface area contributed by atoms with E-state index in [9.17, 15) is 9.59 Å². The van der Waals surface area contributed by atoms with Crippen LogP contribution in [0.4, 0.5) is 0 Å². The number of aryl methyl sites for hydroxylation is 2. The quantitative estimate of drug-likeness (QED) is 0.676. The summed E-state index contributed by atoms with van der Waals surface area (Å²) in [7, 11) is 0. The molecule has 0 spiro atoms. The van der Waals surface area contributed by atoms with Crippen molar-refractivity contribution in [3.63, 3.8) is 0 Å². The minimum absolute atomic E-state index is 0.00504. The van der Waals surface area contributed by atoms with Crippen LogP contribution in [-0.2, 0) is 11.3 Å². The normalized spacial score (nSPS) is 14.1. The second kappa shape index (κ2) is 10.3. The number of carbonyl (C=O) groups is 2. The molecule has 1 fully saturated rings. The Morgan fingerprint density at radius 3 is 2.52 bits per heavy atom. The number of hydrogen-bond acceptors (Lipinski definition) is 3. The fraction of sp³-hybridized carbons (Fsp3) is 0.478. The number of furan rings is 1. The van der Waals surface area contributed by atoms with Gasteiger partial charge in [-0.3, -0.25) is 9.59 Å². The van der Waals surface area contributed by atoms with Crippen molar-refractivity contribution in [3.05, 3.63) is 59.0 Å². The van der Waals surface area contributed by atoms with E-state index in [-0.39, 0.29) is 11.8 Å². The van der Waals surface area contributed by atoms with Crippen molar-refractivity contribution in [2.45, 2.75) is 39.7 Å². The Morgan fingerprint density at radius 1 is 1.14 bits per heavy atom. The van der Waals surface area contributed by atoms with Gasteiger partial charge in [0, 0.05) is 32.4 Å². The second-order valence-electron chi connectivity index (χ2n) is 7.85. The van der Waals surface area contributed by atoms with Crippen LogP contribution in [0.3, 0.4) is 0 Å². The average molecular weight is 399 g/mol. The number of benzene rings is 1. The van der Waals surface area contributed by atoms with Gasteiger partial charge in [-0.25, -0.2) is 0 Å². The van der Waals surface area contributed by atoms with Gasteiger partial charge in [-0.05, 0) is 25.5 Å². The SMILES string of the molecule is Cc1cc(C(=O)N(CCC(=O)NCC[NH+]2CCCC2)Cc2ccccc2)c(C)o1. The third kappa shape index (κ3) is 6.19. The van der Waals surface area contributed by atoms with Crippen molar-refractivity contribution in [1.29, 1.82) is 0 Å². The Bertz CT molecular complexity index is 810. The number of nitrogens with zero attached hydrogens (tertiary/aromatic N) is 1. The van der Waals surface area contributed by atoms with Gasteiger partial charge in [0.05, 0.1) is 31.7 Å². The van der Waals surface area contributed by atoms with E-state index in [1.807, 2.05) is 37.3 Å². The number of amides is 2. The van der Waals surface area contributed by atoms with Crippen LogP contribution >= 0.6 is 0 Å². The number of nitrogens with one attached hydrogen (secondary N) is 2. The summed E-state index contributed by atoms with van der Waals surface area (Å²) in [5.74, 6) is 1.23. The molecule has 3 rings (SSSR count). The molecule has 1 aliphatic rings. The number of rotatable bonds is 9. The van der Waals surface area contributed by atoms with Crippen LogP contribution in [-0.4, -0.2) is 49.4 Å². The van der Waals surface area contributed by atoms with Gasteiger partial charge < -0.3 is 19.5 Å². The maximum atomic E-state index is 13.1. The molecule has 1 saturated heterocycles. The molecule has 0 atom stereocenters. The Hall–Kier alpha value is -2.60. The van der Waals surface area contributed by atoms with Crippen molar-refractivity contribution in [2.24, 2.45) is 0 Å². The molecule has 0 saturated carbocycles. The van der Waals surface area contributed by atoms with Crippen LogP contribution < -0.4 is 10.2 Å². The number of likely N-dealkylation sites (tertiary alicyclic amines) is 1. The fourth-order valence-electron chi connectivity index (χ4n) is 3.90. The van der Waals surface area contributed by atoms with Crippen LogP contribution in [0.5, 0.6) is 0 Å². The largest absolute Gasteiger partial charge is 0.466 e. The highest BCUT2D eigenvalue weighted by Gasteiger charge is 2.22. The predicted octanol–water partition coefficient (Wildman–Crippen LogP) is 1.72. The zero-order valence-corrected chi connectivity index (χ0v) is 17.5. The molecule has 0 unspecified atom stereocenters. The molecule has 29 heavy (non-hydrogen) atoms. The van der Waals surface area contributed by atoms with Crippen molar-refractivity contribution < 1.29 is 18.9 Å². The summed E-state index contributed by atoms with van der Waals surface area (Å²) >= 11 is 0. The van der Waals surface area contributed by atoms with Crippen molar-refractivity contribution in [3.8, 4) is 0 Å². The number of carbonyl (C=O) groups excluding carboxylic acids is 2. The lowest BCUT2D eigenvalue weighted by molar-refractivity contribution is -0.886. The molecule has 0 aliphatic carbocycles. The molecular weight excluding hydrogens is 366 g/mol. The maximum absolute atomic E-state index is 13.1. The maximum Gasteiger partial charge on any atom is 0.257 e. The van der Waals surface area contributed by atoms with Crippen LogP contribution in [0.25, 0.3) is 0 Å². The van der Waals surface area contributed by atoms with E-state index in [0.29, 0.717) is 43.1 Å². The Labute approximate surface area is 172 Å². The van der Waals surface area contributed by atoms with Crippen LogP contribution in [0, 0.1) is 13.8 Å². The lowest BCUT2D eigenvalue weighted by atomic mass is 10.1. The standard InChI is InChI=1S/C23H31N3O3/c1-18-16-21(19(2)29-18)23(28)26(17-20-8-4-3-5-9-20)14-10-22(27)24-11-15-25-12-6-7-13-25/h3-5,8-9,16H,6-7,10-15,17H2,1-2H3,(H,24,27)/p+1. The number of quaternary nitrogens is 1.